The first kappa shape index (κ1) is 22.6. The molecular formula is C20H26LiO4P. The molecule has 2 rings (SSSR count). The second-order valence-corrected chi connectivity index (χ2v) is 7.05. The van der Waals surface area contributed by atoms with Crippen molar-refractivity contribution in [1.29, 1.82) is 0 Å². The number of ether oxygens (including phenoxy) is 3. The summed E-state index contributed by atoms with van der Waals surface area (Å²) >= 11 is 0. The van der Waals surface area contributed by atoms with E-state index in [1.165, 1.54) is 0 Å². The van der Waals surface area contributed by atoms with E-state index in [4.69, 9.17) is 14.2 Å². The van der Waals surface area contributed by atoms with E-state index in [2.05, 4.69) is 6.92 Å². The van der Waals surface area contributed by atoms with Crippen molar-refractivity contribution >= 4 is 38.3 Å². The number of benzene rings is 2. The normalized spacial score (nSPS) is 11.7. The Balaban J connectivity index is 0.00000338. The molecule has 6 heteroatoms. The van der Waals surface area contributed by atoms with Crippen LogP contribution in [0.5, 0.6) is 17.2 Å². The first-order valence-corrected chi connectivity index (χ1v) is 9.29. The monoisotopic (exact) mass is 368 g/mol. The topological polar surface area (TPSA) is 44.8 Å². The summed E-state index contributed by atoms with van der Waals surface area (Å²) in [6.45, 7) is 6.13. The zero-order chi connectivity index (χ0) is 18.4. The predicted molar refractivity (Wildman–Crippen MR) is 111 cm³/mol. The van der Waals surface area contributed by atoms with Gasteiger partial charge in [0.1, 0.15) is 22.8 Å². The number of hydrogen-bond acceptors (Lipinski definition) is 4. The Hall–Kier alpha value is -1.46. The fourth-order valence-corrected chi connectivity index (χ4v) is 3.48. The van der Waals surface area contributed by atoms with Crippen LogP contribution in [0.3, 0.4) is 0 Å². The molecule has 0 bridgehead atoms. The minimum atomic E-state index is -0.00854. The van der Waals surface area contributed by atoms with Gasteiger partial charge in [0.15, 0.2) is 5.52 Å². The van der Waals surface area contributed by atoms with E-state index >= 15 is 0 Å². The van der Waals surface area contributed by atoms with Crippen LogP contribution in [0.15, 0.2) is 36.4 Å². The first-order valence-electron chi connectivity index (χ1n) is 8.29. The van der Waals surface area contributed by atoms with E-state index in [-0.39, 0.29) is 39.1 Å². The zero-order valence-corrected chi connectivity index (χ0v) is 16.4. The van der Waals surface area contributed by atoms with Gasteiger partial charge in [-0.15, -0.1) is 0 Å². The summed E-state index contributed by atoms with van der Waals surface area (Å²) in [5.74, 6) is 1.90. The number of methoxy groups -OCH3 is 2. The van der Waals surface area contributed by atoms with Crippen LogP contribution in [0, 0.1) is 6.92 Å². The van der Waals surface area contributed by atoms with Gasteiger partial charge in [-0.1, -0.05) is 19.1 Å². The van der Waals surface area contributed by atoms with Gasteiger partial charge in [-0.3, -0.25) is 4.79 Å². The van der Waals surface area contributed by atoms with Gasteiger partial charge in [0.2, 0.25) is 0 Å². The van der Waals surface area contributed by atoms with Gasteiger partial charge in [-0.25, -0.2) is 0 Å². The molecule has 2 atom stereocenters. The zero-order valence-electron chi connectivity index (χ0n) is 15.4. The summed E-state index contributed by atoms with van der Waals surface area (Å²) in [5, 5.41) is 0.995. The molecule has 0 saturated carbocycles. The van der Waals surface area contributed by atoms with Crippen molar-refractivity contribution in [3.05, 3.63) is 47.5 Å². The van der Waals surface area contributed by atoms with E-state index in [1.54, 1.807) is 26.4 Å². The van der Waals surface area contributed by atoms with Crippen molar-refractivity contribution in [2.75, 3.05) is 14.2 Å². The summed E-state index contributed by atoms with van der Waals surface area (Å²) in [7, 11) is 3.10. The molecular weight excluding hydrogens is 342 g/mol. The van der Waals surface area contributed by atoms with Crippen molar-refractivity contribution in [3.63, 3.8) is 0 Å². The maximum atomic E-state index is 12.9. The number of carbonyl (C=O) groups excluding carboxylic acids is 1. The van der Waals surface area contributed by atoms with Gasteiger partial charge in [-0.2, -0.15) is 0 Å². The van der Waals surface area contributed by atoms with Crippen LogP contribution in [0.25, 0.3) is 0 Å². The molecule has 4 nitrogen and oxygen atoms in total. The summed E-state index contributed by atoms with van der Waals surface area (Å²) in [6, 6.07) is 11.2. The maximum absolute atomic E-state index is 12.9. The van der Waals surface area contributed by atoms with Crippen molar-refractivity contribution in [2.24, 2.45) is 0 Å². The molecule has 0 aliphatic heterocycles. The molecule has 0 spiro atoms. The van der Waals surface area contributed by atoms with E-state index in [0.29, 0.717) is 17.1 Å². The molecule has 0 N–H and O–H groups in total. The van der Waals surface area contributed by atoms with Gasteiger partial charge in [0, 0.05) is 0 Å². The van der Waals surface area contributed by atoms with Crippen LogP contribution in [0.1, 0.15) is 36.2 Å². The van der Waals surface area contributed by atoms with Gasteiger partial charge < -0.3 is 14.2 Å². The molecule has 0 saturated heterocycles. The van der Waals surface area contributed by atoms with Crippen LogP contribution in [-0.2, 0) is 0 Å². The van der Waals surface area contributed by atoms with Crippen LogP contribution in [-0.4, -0.2) is 44.7 Å². The predicted octanol–water partition coefficient (Wildman–Crippen LogP) is 3.69. The molecule has 0 aliphatic carbocycles. The molecule has 26 heavy (non-hydrogen) atoms. The Morgan fingerprint density at radius 2 is 1.73 bits per heavy atom. The second kappa shape index (κ2) is 10.6. The third-order valence-corrected chi connectivity index (χ3v) is 5.32. The third-order valence-electron chi connectivity index (χ3n) is 4.01. The fraction of sp³-hybridized carbons (Fsp3) is 0.350. The van der Waals surface area contributed by atoms with Gasteiger partial charge in [0.05, 0.1) is 20.3 Å². The quantitative estimate of drug-likeness (QED) is 0.527. The molecule has 136 valence electrons. The molecule has 0 heterocycles. The number of aryl methyl sites for hydroxylation is 1. The molecule has 0 aromatic heterocycles. The Morgan fingerprint density at radius 1 is 1.12 bits per heavy atom. The van der Waals surface area contributed by atoms with Crippen LogP contribution in [0.4, 0.5) is 0 Å². The molecule has 0 amide bonds. The second-order valence-electron chi connectivity index (χ2n) is 5.81. The molecule has 2 unspecified atom stereocenters. The Kier molecular flexibility index (Phi) is 9.23. The van der Waals surface area contributed by atoms with Crippen LogP contribution < -0.4 is 19.5 Å². The number of rotatable bonds is 8. The van der Waals surface area contributed by atoms with Crippen molar-refractivity contribution in [3.8, 4) is 17.2 Å². The van der Waals surface area contributed by atoms with E-state index in [0.717, 1.165) is 23.0 Å². The molecule has 0 radical (unpaired) electrons. The van der Waals surface area contributed by atoms with Crippen molar-refractivity contribution in [2.45, 2.75) is 33.3 Å². The van der Waals surface area contributed by atoms with Crippen molar-refractivity contribution in [1.82, 2.24) is 0 Å². The minimum absolute atomic E-state index is 0. The Bertz CT molecular complexity index is 726. The van der Waals surface area contributed by atoms with E-state index in [9.17, 15) is 4.79 Å². The van der Waals surface area contributed by atoms with Crippen LogP contribution in [0.2, 0.25) is 0 Å². The summed E-state index contributed by atoms with van der Waals surface area (Å²) in [4.78, 5) is 12.9. The molecule has 2 aromatic rings. The SMILES string of the molecule is CCC(C)Oc1ccc(PC(=O)c2c(OC)cccc2OC)c(C)c1.[LiH]. The molecule has 0 aliphatic rings. The standard InChI is InChI=1S/C20H25O4P.Li.H/c1-6-14(3)24-15-10-11-18(13(2)12-15)25-20(21)19-16(22-4)8-7-9-17(19)23-5;;/h7-12,14,25H,6H2,1-5H3;;. The van der Waals surface area contributed by atoms with Gasteiger partial charge >= 0.3 is 18.9 Å². The average molecular weight is 368 g/mol. The summed E-state index contributed by atoms with van der Waals surface area (Å²) in [5.41, 5.74) is 1.53. The molecule has 2 aromatic carbocycles. The fourth-order valence-electron chi connectivity index (χ4n) is 2.43. The van der Waals surface area contributed by atoms with Gasteiger partial charge in [-0.05, 0) is 64.0 Å². The Labute approximate surface area is 169 Å². The average Bonchev–Trinajstić information content (AvgIpc) is 2.62. The third kappa shape index (κ3) is 5.52. The van der Waals surface area contributed by atoms with E-state index in [1.807, 2.05) is 38.1 Å². The van der Waals surface area contributed by atoms with Crippen molar-refractivity contribution < 1.29 is 19.0 Å². The molecule has 0 fully saturated rings. The number of hydrogen-bond donors (Lipinski definition) is 0. The number of carbonyl (C=O) groups is 1. The summed E-state index contributed by atoms with van der Waals surface area (Å²) in [6.07, 6.45) is 1.13. The van der Waals surface area contributed by atoms with Gasteiger partial charge in [0.25, 0.3) is 0 Å². The first-order chi connectivity index (χ1) is 12.0. The van der Waals surface area contributed by atoms with Crippen LogP contribution >= 0.6 is 8.58 Å². The van der Waals surface area contributed by atoms with E-state index < -0.39 is 0 Å². The Morgan fingerprint density at radius 3 is 2.23 bits per heavy atom. The summed E-state index contributed by atoms with van der Waals surface area (Å²) < 4.78 is 16.5.